The van der Waals surface area contributed by atoms with E-state index in [1.165, 1.54) is 17.8 Å². The third kappa shape index (κ3) is 4.88. The van der Waals surface area contributed by atoms with Crippen molar-refractivity contribution >= 4 is 17.5 Å². The monoisotopic (exact) mass is 256 g/mol. The lowest BCUT2D eigenvalue weighted by Crippen LogP contribution is -2.15. The number of thioether (sulfide) groups is 1. The first kappa shape index (κ1) is 14.2. The minimum Gasteiger partial charge on any atom is -0.385 e. The van der Waals surface area contributed by atoms with Crippen molar-refractivity contribution in [2.75, 3.05) is 19.5 Å². The maximum atomic E-state index is 13.3. The number of rotatable bonds is 7. The molecule has 0 fully saturated rings. The molecule has 0 N–H and O–H groups in total. The molecule has 94 valence electrons. The Kier molecular flexibility index (Phi) is 6.22. The summed E-state index contributed by atoms with van der Waals surface area (Å²) in [5.74, 6) is 0.144. The second kappa shape index (κ2) is 7.45. The van der Waals surface area contributed by atoms with Gasteiger partial charge in [0.15, 0.2) is 0 Å². The van der Waals surface area contributed by atoms with Gasteiger partial charge in [0, 0.05) is 24.5 Å². The van der Waals surface area contributed by atoms with E-state index in [2.05, 4.69) is 0 Å². The number of carbonyl (C=O) groups excluding carboxylic acids is 1. The zero-order valence-electron chi connectivity index (χ0n) is 10.1. The lowest BCUT2D eigenvalue weighted by molar-refractivity contribution is -0.120. The normalized spacial score (nSPS) is 12.4. The quantitative estimate of drug-likeness (QED) is 0.701. The fourth-order valence-electron chi connectivity index (χ4n) is 1.31. The summed E-state index contributed by atoms with van der Waals surface area (Å²) in [6, 6.07) is 6.50. The minimum absolute atomic E-state index is 0.0331. The lowest BCUT2D eigenvalue weighted by atomic mass is 10.1. The van der Waals surface area contributed by atoms with Crippen LogP contribution in [0.4, 0.5) is 4.39 Å². The highest BCUT2D eigenvalue weighted by atomic mass is 32.2. The van der Waals surface area contributed by atoms with Gasteiger partial charge in [0.05, 0.1) is 5.75 Å². The van der Waals surface area contributed by atoms with Crippen molar-refractivity contribution in [2.24, 2.45) is 5.92 Å². The van der Waals surface area contributed by atoms with Crippen LogP contribution in [0.3, 0.4) is 0 Å². The summed E-state index contributed by atoms with van der Waals surface area (Å²) in [7, 11) is 1.62. The predicted molar refractivity (Wildman–Crippen MR) is 67.8 cm³/mol. The van der Waals surface area contributed by atoms with Crippen molar-refractivity contribution in [3.63, 3.8) is 0 Å². The first-order valence-corrected chi connectivity index (χ1v) is 6.52. The van der Waals surface area contributed by atoms with E-state index in [0.29, 0.717) is 23.7 Å². The molecule has 1 aromatic rings. The molecule has 0 saturated carbocycles. The van der Waals surface area contributed by atoms with Gasteiger partial charge in [-0.05, 0) is 18.6 Å². The molecule has 1 unspecified atom stereocenters. The summed E-state index contributed by atoms with van der Waals surface area (Å²) < 4.78 is 18.2. The SMILES string of the molecule is COCCC(C)C(=O)CSc1ccccc1F. The Balaban J connectivity index is 2.40. The summed E-state index contributed by atoms with van der Waals surface area (Å²) >= 11 is 1.25. The molecule has 1 atom stereocenters. The molecule has 0 aliphatic heterocycles. The zero-order valence-corrected chi connectivity index (χ0v) is 10.9. The molecular formula is C13H17FO2S. The van der Waals surface area contributed by atoms with Gasteiger partial charge in [-0.2, -0.15) is 0 Å². The van der Waals surface area contributed by atoms with Gasteiger partial charge in [-0.1, -0.05) is 19.1 Å². The number of hydrogen-bond acceptors (Lipinski definition) is 3. The minimum atomic E-state index is -0.269. The van der Waals surface area contributed by atoms with Gasteiger partial charge in [0.2, 0.25) is 0 Å². The number of Topliss-reactive ketones (excluding diaryl/α,β-unsaturated/α-hetero) is 1. The lowest BCUT2D eigenvalue weighted by Gasteiger charge is -2.09. The molecule has 17 heavy (non-hydrogen) atoms. The molecule has 0 radical (unpaired) electrons. The third-order valence-corrected chi connectivity index (χ3v) is 3.58. The smallest absolute Gasteiger partial charge is 0.145 e. The molecule has 4 heteroatoms. The van der Waals surface area contributed by atoms with Crippen LogP contribution in [0.25, 0.3) is 0 Å². The van der Waals surface area contributed by atoms with E-state index in [0.717, 1.165) is 0 Å². The molecule has 0 heterocycles. The van der Waals surface area contributed by atoms with E-state index in [1.54, 1.807) is 25.3 Å². The Morgan fingerprint density at radius 3 is 2.82 bits per heavy atom. The average molecular weight is 256 g/mol. The van der Waals surface area contributed by atoms with Crippen molar-refractivity contribution < 1.29 is 13.9 Å². The molecule has 0 bridgehead atoms. The maximum absolute atomic E-state index is 13.3. The van der Waals surface area contributed by atoms with Crippen LogP contribution in [0.2, 0.25) is 0 Å². The Morgan fingerprint density at radius 2 is 2.18 bits per heavy atom. The van der Waals surface area contributed by atoms with Gasteiger partial charge in [-0.15, -0.1) is 11.8 Å². The Bertz CT molecular complexity index is 368. The summed E-state index contributed by atoms with van der Waals surface area (Å²) in [6.07, 6.45) is 0.715. The summed E-state index contributed by atoms with van der Waals surface area (Å²) in [5.41, 5.74) is 0. The number of carbonyl (C=O) groups is 1. The highest BCUT2D eigenvalue weighted by molar-refractivity contribution is 8.00. The molecule has 0 spiro atoms. The highest BCUT2D eigenvalue weighted by Gasteiger charge is 2.13. The first-order valence-electron chi connectivity index (χ1n) is 5.54. The second-order valence-electron chi connectivity index (χ2n) is 3.87. The van der Waals surface area contributed by atoms with Gasteiger partial charge >= 0.3 is 0 Å². The van der Waals surface area contributed by atoms with Crippen LogP contribution in [0.15, 0.2) is 29.2 Å². The predicted octanol–water partition coefficient (Wildman–Crippen LogP) is 3.16. The van der Waals surface area contributed by atoms with E-state index >= 15 is 0 Å². The molecular weight excluding hydrogens is 239 g/mol. The Labute approximate surface area is 106 Å². The molecule has 1 aromatic carbocycles. The summed E-state index contributed by atoms with van der Waals surface area (Å²) in [6.45, 7) is 2.46. The van der Waals surface area contributed by atoms with Gasteiger partial charge in [-0.3, -0.25) is 4.79 Å². The van der Waals surface area contributed by atoms with Crippen LogP contribution in [0, 0.1) is 11.7 Å². The van der Waals surface area contributed by atoms with Gasteiger partial charge in [0.25, 0.3) is 0 Å². The van der Waals surface area contributed by atoms with Crippen molar-refractivity contribution in [3.8, 4) is 0 Å². The van der Waals surface area contributed by atoms with Crippen LogP contribution in [0.1, 0.15) is 13.3 Å². The van der Waals surface area contributed by atoms with Crippen LogP contribution in [0.5, 0.6) is 0 Å². The van der Waals surface area contributed by atoms with Crippen molar-refractivity contribution in [2.45, 2.75) is 18.2 Å². The Morgan fingerprint density at radius 1 is 1.47 bits per heavy atom. The van der Waals surface area contributed by atoms with Gasteiger partial charge in [0.1, 0.15) is 11.6 Å². The second-order valence-corrected chi connectivity index (χ2v) is 4.89. The van der Waals surface area contributed by atoms with E-state index in [1.807, 2.05) is 6.92 Å². The Hall–Kier alpha value is -0.870. The average Bonchev–Trinajstić information content (AvgIpc) is 2.34. The van der Waals surface area contributed by atoms with E-state index in [9.17, 15) is 9.18 Å². The van der Waals surface area contributed by atoms with E-state index in [-0.39, 0.29) is 17.5 Å². The summed E-state index contributed by atoms with van der Waals surface area (Å²) in [4.78, 5) is 12.3. The molecule has 0 saturated heterocycles. The van der Waals surface area contributed by atoms with Crippen LogP contribution in [-0.4, -0.2) is 25.3 Å². The van der Waals surface area contributed by atoms with E-state index < -0.39 is 0 Å². The van der Waals surface area contributed by atoms with Gasteiger partial charge in [-0.25, -0.2) is 4.39 Å². The number of halogens is 1. The molecule has 0 amide bonds. The fourth-order valence-corrected chi connectivity index (χ4v) is 2.27. The third-order valence-electron chi connectivity index (χ3n) is 2.51. The first-order chi connectivity index (χ1) is 8.15. The van der Waals surface area contributed by atoms with Crippen molar-refractivity contribution in [3.05, 3.63) is 30.1 Å². The number of methoxy groups -OCH3 is 1. The zero-order chi connectivity index (χ0) is 12.7. The number of hydrogen-bond donors (Lipinski definition) is 0. The summed E-state index contributed by atoms with van der Waals surface area (Å²) in [5, 5.41) is 0. The molecule has 1 rings (SSSR count). The largest absolute Gasteiger partial charge is 0.385 e. The topological polar surface area (TPSA) is 26.3 Å². The number of ether oxygens (including phenoxy) is 1. The standard InChI is InChI=1S/C13H17FO2S/c1-10(7-8-16-2)12(15)9-17-13-6-4-3-5-11(13)14/h3-6,10H,7-9H2,1-2H3. The highest BCUT2D eigenvalue weighted by Crippen LogP contribution is 2.22. The molecule has 0 aliphatic rings. The van der Waals surface area contributed by atoms with E-state index in [4.69, 9.17) is 4.74 Å². The molecule has 0 aliphatic carbocycles. The van der Waals surface area contributed by atoms with Gasteiger partial charge < -0.3 is 4.74 Å². The molecule has 0 aromatic heterocycles. The fraction of sp³-hybridized carbons (Fsp3) is 0.462. The van der Waals surface area contributed by atoms with Crippen LogP contribution >= 0.6 is 11.8 Å². The van der Waals surface area contributed by atoms with Crippen LogP contribution < -0.4 is 0 Å². The van der Waals surface area contributed by atoms with Crippen molar-refractivity contribution in [1.29, 1.82) is 0 Å². The van der Waals surface area contributed by atoms with Crippen LogP contribution in [-0.2, 0) is 9.53 Å². The number of ketones is 1. The molecule has 2 nitrogen and oxygen atoms in total. The number of benzene rings is 1. The van der Waals surface area contributed by atoms with Crippen molar-refractivity contribution in [1.82, 2.24) is 0 Å². The maximum Gasteiger partial charge on any atom is 0.145 e.